The molecule has 1 fully saturated rings. The van der Waals surface area contributed by atoms with Crippen LogP contribution in [0.4, 0.5) is 0 Å². The fraction of sp³-hybridized carbons (Fsp3) is 0.444. The summed E-state index contributed by atoms with van der Waals surface area (Å²) < 4.78 is 7.47. The number of carbonyl (C=O) groups excluding carboxylic acids is 1. The highest BCUT2D eigenvalue weighted by Crippen LogP contribution is 2.25. The third-order valence-corrected chi connectivity index (χ3v) is 4.54. The maximum atomic E-state index is 12.6. The summed E-state index contributed by atoms with van der Waals surface area (Å²) in [6.07, 6.45) is 3.31. The summed E-state index contributed by atoms with van der Waals surface area (Å²) in [6, 6.07) is 8.05. The lowest BCUT2D eigenvalue weighted by Crippen LogP contribution is -2.30. The quantitative estimate of drug-likeness (QED) is 0.871. The van der Waals surface area contributed by atoms with Gasteiger partial charge in [0.15, 0.2) is 0 Å². The van der Waals surface area contributed by atoms with Gasteiger partial charge in [-0.2, -0.15) is 0 Å². The second kappa shape index (κ2) is 6.44. The Balaban J connectivity index is 1.65. The number of amides is 1. The van der Waals surface area contributed by atoms with Crippen LogP contribution in [0.2, 0.25) is 0 Å². The van der Waals surface area contributed by atoms with Crippen molar-refractivity contribution in [3.63, 3.8) is 0 Å². The molecule has 0 bridgehead atoms. The molecule has 0 N–H and O–H groups in total. The molecule has 5 nitrogen and oxygen atoms in total. The van der Waals surface area contributed by atoms with Crippen LogP contribution in [0.3, 0.4) is 0 Å². The molecule has 0 radical (unpaired) electrons. The van der Waals surface area contributed by atoms with E-state index in [4.69, 9.17) is 4.74 Å². The van der Waals surface area contributed by atoms with Gasteiger partial charge in [0.1, 0.15) is 11.6 Å². The zero-order valence-electron chi connectivity index (χ0n) is 14.0. The van der Waals surface area contributed by atoms with Crippen LogP contribution in [0.25, 0.3) is 0 Å². The van der Waals surface area contributed by atoms with Crippen molar-refractivity contribution in [2.24, 2.45) is 0 Å². The lowest BCUT2D eigenvalue weighted by Gasteiger charge is -2.19. The fourth-order valence-electron chi connectivity index (χ4n) is 3.37. The lowest BCUT2D eigenvalue weighted by molar-refractivity contribution is -0.129. The summed E-state index contributed by atoms with van der Waals surface area (Å²) in [7, 11) is 1.64. The summed E-state index contributed by atoms with van der Waals surface area (Å²) in [4.78, 5) is 18.9. The summed E-state index contributed by atoms with van der Waals surface area (Å²) in [5.74, 6) is 1.99. The normalized spacial score (nSPS) is 17.5. The maximum absolute atomic E-state index is 12.6. The van der Waals surface area contributed by atoms with Gasteiger partial charge in [-0.3, -0.25) is 4.79 Å². The van der Waals surface area contributed by atoms with Crippen LogP contribution >= 0.6 is 0 Å². The Hall–Kier alpha value is -2.30. The van der Waals surface area contributed by atoms with Gasteiger partial charge in [-0.15, -0.1) is 0 Å². The molecule has 1 saturated heterocycles. The molecule has 1 aliphatic heterocycles. The summed E-state index contributed by atoms with van der Waals surface area (Å²) in [6.45, 7) is 5.67. The Morgan fingerprint density at radius 1 is 1.39 bits per heavy atom. The van der Waals surface area contributed by atoms with Crippen molar-refractivity contribution >= 4 is 5.91 Å². The number of ether oxygens (including phenoxy) is 1. The SMILES string of the molecule is COc1cccc(CC(=O)N2CCC(n3c(C)cnc3C)C2)c1. The van der Waals surface area contributed by atoms with Gasteiger partial charge >= 0.3 is 0 Å². The summed E-state index contributed by atoms with van der Waals surface area (Å²) >= 11 is 0. The topological polar surface area (TPSA) is 47.4 Å². The number of benzene rings is 1. The van der Waals surface area contributed by atoms with E-state index in [1.165, 1.54) is 0 Å². The predicted molar refractivity (Wildman–Crippen MR) is 88.6 cm³/mol. The van der Waals surface area contributed by atoms with E-state index in [2.05, 4.69) is 16.5 Å². The molecule has 5 heteroatoms. The minimum atomic E-state index is 0.177. The highest BCUT2D eigenvalue weighted by molar-refractivity contribution is 5.79. The number of hydrogen-bond donors (Lipinski definition) is 0. The van der Waals surface area contributed by atoms with E-state index in [1.54, 1.807) is 7.11 Å². The first-order valence-electron chi connectivity index (χ1n) is 7.99. The Labute approximate surface area is 136 Å². The van der Waals surface area contributed by atoms with Crippen molar-refractivity contribution in [2.45, 2.75) is 32.7 Å². The fourth-order valence-corrected chi connectivity index (χ4v) is 3.37. The highest BCUT2D eigenvalue weighted by atomic mass is 16.5. The summed E-state index contributed by atoms with van der Waals surface area (Å²) in [5, 5.41) is 0. The van der Waals surface area contributed by atoms with Crippen molar-refractivity contribution in [3.05, 3.63) is 47.5 Å². The first-order valence-corrected chi connectivity index (χ1v) is 7.99. The maximum Gasteiger partial charge on any atom is 0.227 e. The van der Waals surface area contributed by atoms with Crippen LogP contribution in [0, 0.1) is 13.8 Å². The van der Waals surface area contributed by atoms with Crippen LogP contribution in [0.15, 0.2) is 30.5 Å². The molecule has 1 atom stereocenters. The van der Waals surface area contributed by atoms with E-state index in [0.717, 1.165) is 42.3 Å². The van der Waals surface area contributed by atoms with Gasteiger partial charge in [0.05, 0.1) is 19.6 Å². The van der Waals surface area contributed by atoms with E-state index >= 15 is 0 Å². The van der Waals surface area contributed by atoms with Gasteiger partial charge in [0, 0.05) is 25.0 Å². The molecule has 2 heterocycles. The molecule has 1 amide bonds. The van der Waals surface area contributed by atoms with E-state index < -0.39 is 0 Å². The van der Waals surface area contributed by atoms with Gasteiger partial charge in [0.25, 0.3) is 0 Å². The van der Waals surface area contributed by atoms with Gasteiger partial charge in [-0.05, 0) is 38.0 Å². The van der Waals surface area contributed by atoms with E-state index in [-0.39, 0.29) is 5.91 Å². The molecule has 23 heavy (non-hydrogen) atoms. The minimum absolute atomic E-state index is 0.177. The summed E-state index contributed by atoms with van der Waals surface area (Å²) in [5.41, 5.74) is 2.15. The number of imidazole rings is 1. The number of aryl methyl sites for hydroxylation is 2. The molecule has 3 rings (SSSR count). The van der Waals surface area contributed by atoms with Gasteiger partial charge in [0.2, 0.25) is 5.91 Å². The molecule has 0 saturated carbocycles. The first kappa shape index (κ1) is 15.6. The van der Waals surface area contributed by atoms with Gasteiger partial charge in [-0.25, -0.2) is 4.98 Å². The van der Waals surface area contributed by atoms with E-state index in [0.29, 0.717) is 12.5 Å². The smallest absolute Gasteiger partial charge is 0.227 e. The second-order valence-corrected chi connectivity index (χ2v) is 6.13. The molecule has 1 aromatic heterocycles. The molecule has 1 unspecified atom stereocenters. The Morgan fingerprint density at radius 2 is 2.22 bits per heavy atom. The number of nitrogens with zero attached hydrogens (tertiary/aromatic N) is 3. The number of rotatable bonds is 4. The Morgan fingerprint density at radius 3 is 2.91 bits per heavy atom. The average Bonchev–Trinajstić information content (AvgIpc) is 3.14. The molecule has 1 aliphatic rings. The van der Waals surface area contributed by atoms with Crippen LogP contribution < -0.4 is 4.74 Å². The van der Waals surface area contributed by atoms with E-state index in [1.807, 2.05) is 42.3 Å². The van der Waals surface area contributed by atoms with Crippen molar-refractivity contribution in [1.29, 1.82) is 0 Å². The van der Waals surface area contributed by atoms with Crippen molar-refractivity contribution in [3.8, 4) is 5.75 Å². The molecule has 2 aromatic rings. The highest BCUT2D eigenvalue weighted by Gasteiger charge is 2.28. The van der Waals surface area contributed by atoms with E-state index in [9.17, 15) is 4.79 Å². The standard InChI is InChI=1S/C18H23N3O2/c1-13-11-19-14(2)21(13)16-7-8-20(12-16)18(22)10-15-5-4-6-17(9-15)23-3/h4-6,9,11,16H,7-8,10,12H2,1-3H3. The average molecular weight is 313 g/mol. The largest absolute Gasteiger partial charge is 0.497 e. The number of hydrogen-bond acceptors (Lipinski definition) is 3. The molecule has 1 aromatic carbocycles. The van der Waals surface area contributed by atoms with Crippen LogP contribution in [-0.4, -0.2) is 40.6 Å². The van der Waals surface area contributed by atoms with Gasteiger partial charge < -0.3 is 14.2 Å². The van der Waals surface area contributed by atoms with Crippen molar-refractivity contribution < 1.29 is 9.53 Å². The third kappa shape index (κ3) is 3.23. The lowest BCUT2D eigenvalue weighted by atomic mass is 10.1. The molecule has 0 aliphatic carbocycles. The predicted octanol–water partition coefficient (Wildman–Crippen LogP) is 2.52. The molecular weight excluding hydrogens is 290 g/mol. The first-order chi connectivity index (χ1) is 11.1. The monoisotopic (exact) mass is 313 g/mol. The molecule has 0 spiro atoms. The zero-order valence-corrected chi connectivity index (χ0v) is 14.0. The number of aromatic nitrogens is 2. The van der Waals surface area contributed by atoms with Gasteiger partial charge in [-0.1, -0.05) is 12.1 Å². The number of likely N-dealkylation sites (tertiary alicyclic amines) is 1. The second-order valence-electron chi connectivity index (χ2n) is 6.13. The van der Waals surface area contributed by atoms with Crippen molar-refractivity contribution in [1.82, 2.24) is 14.5 Å². The molecular formula is C18H23N3O2. The Kier molecular flexibility index (Phi) is 4.37. The molecule has 122 valence electrons. The zero-order chi connectivity index (χ0) is 16.4. The number of carbonyl (C=O) groups is 1. The van der Waals surface area contributed by atoms with Crippen LogP contribution in [0.1, 0.15) is 29.5 Å². The Bertz CT molecular complexity index is 689. The van der Waals surface area contributed by atoms with Crippen LogP contribution in [0.5, 0.6) is 5.75 Å². The number of methoxy groups -OCH3 is 1. The minimum Gasteiger partial charge on any atom is -0.497 e. The van der Waals surface area contributed by atoms with Crippen molar-refractivity contribution in [2.75, 3.05) is 20.2 Å². The third-order valence-electron chi connectivity index (χ3n) is 4.54. The van der Waals surface area contributed by atoms with Crippen LogP contribution in [-0.2, 0) is 11.2 Å².